The van der Waals surface area contributed by atoms with E-state index in [-0.39, 0.29) is 6.61 Å². The molecule has 0 spiro atoms. The van der Waals surface area contributed by atoms with E-state index in [9.17, 15) is 4.39 Å². The zero-order valence-electron chi connectivity index (χ0n) is 5.14. The summed E-state index contributed by atoms with van der Waals surface area (Å²) >= 11 is 0. The van der Waals surface area contributed by atoms with Gasteiger partial charge < -0.3 is 20.1 Å². The molecule has 1 fully saturated rings. The number of aliphatic hydroxyl groups excluding tert-OH is 3. The fourth-order valence-electron chi connectivity index (χ4n) is 0.769. The third-order valence-electron chi connectivity index (χ3n) is 1.43. The molecule has 4 nitrogen and oxygen atoms in total. The molecule has 3 N–H and O–H groups in total. The zero-order valence-corrected chi connectivity index (χ0v) is 5.14. The fourth-order valence-corrected chi connectivity index (χ4v) is 0.769. The van der Waals surface area contributed by atoms with Crippen LogP contribution in [-0.4, -0.2) is 46.6 Å². The summed E-state index contributed by atoms with van der Waals surface area (Å²) in [6, 6.07) is 0. The van der Waals surface area contributed by atoms with E-state index in [1.165, 1.54) is 0 Å². The molecule has 0 aromatic rings. The number of rotatable bonds is 0. The van der Waals surface area contributed by atoms with Crippen molar-refractivity contribution in [3.05, 3.63) is 0 Å². The Morgan fingerprint density at radius 2 is 1.90 bits per heavy atom. The molecule has 1 saturated heterocycles. The van der Waals surface area contributed by atoms with Gasteiger partial charge in [0.2, 0.25) is 0 Å². The third-order valence-corrected chi connectivity index (χ3v) is 1.43. The number of ether oxygens (including phenoxy) is 1. The summed E-state index contributed by atoms with van der Waals surface area (Å²) in [6.07, 6.45) is -6.30. The first-order valence-electron chi connectivity index (χ1n) is 2.93. The van der Waals surface area contributed by atoms with Gasteiger partial charge in [-0.25, -0.2) is 4.39 Å². The summed E-state index contributed by atoms with van der Waals surface area (Å²) in [5.41, 5.74) is 0. The highest BCUT2D eigenvalue weighted by Crippen LogP contribution is 2.16. The van der Waals surface area contributed by atoms with Crippen molar-refractivity contribution < 1.29 is 24.4 Å². The van der Waals surface area contributed by atoms with Crippen molar-refractivity contribution in [1.82, 2.24) is 0 Å². The van der Waals surface area contributed by atoms with Gasteiger partial charge in [0.05, 0.1) is 6.61 Å². The van der Waals surface area contributed by atoms with Crippen molar-refractivity contribution in [2.24, 2.45) is 0 Å². The van der Waals surface area contributed by atoms with Crippen molar-refractivity contribution >= 4 is 0 Å². The van der Waals surface area contributed by atoms with E-state index >= 15 is 0 Å². The van der Waals surface area contributed by atoms with Gasteiger partial charge in [-0.15, -0.1) is 0 Å². The number of halogens is 1. The van der Waals surface area contributed by atoms with E-state index in [4.69, 9.17) is 15.3 Å². The lowest BCUT2D eigenvalue weighted by atomic mass is 10.1. The Morgan fingerprint density at radius 1 is 1.30 bits per heavy atom. The van der Waals surface area contributed by atoms with Gasteiger partial charge in [-0.1, -0.05) is 0 Å². The van der Waals surface area contributed by atoms with Crippen molar-refractivity contribution in [3.63, 3.8) is 0 Å². The van der Waals surface area contributed by atoms with Crippen molar-refractivity contribution in [2.45, 2.75) is 24.7 Å². The highest BCUT2D eigenvalue weighted by atomic mass is 19.1. The Balaban J connectivity index is 2.52. The number of alkyl halides is 1. The van der Waals surface area contributed by atoms with Crippen LogP contribution in [-0.2, 0) is 4.74 Å². The molecule has 1 rings (SSSR count). The van der Waals surface area contributed by atoms with Crippen LogP contribution in [0.25, 0.3) is 0 Å². The van der Waals surface area contributed by atoms with Crippen molar-refractivity contribution in [2.75, 3.05) is 6.61 Å². The van der Waals surface area contributed by atoms with Crippen LogP contribution in [0.1, 0.15) is 0 Å². The number of aliphatic hydroxyl groups is 3. The minimum atomic E-state index is -1.91. The SMILES string of the molecule is O[C@@H]1[C@@H](F)[C@H](O)OC[C@H]1O. The summed E-state index contributed by atoms with van der Waals surface area (Å²) in [5, 5.41) is 26.1. The number of hydrogen-bond acceptors (Lipinski definition) is 4. The maximum atomic E-state index is 12.4. The molecule has 5 heteroatoms. The normalized spacial score (nSPS) is 49.2. The van der Waals surface area contributed by atoms with Gasteiger partial charge in [0.25, 0.3) is 0 Å². The van der Waals surface area contributed by atoms with Crippen LogP contribution in [0.4, 0.5) is 4.39 Å². The lowest BCUT2D eigenvalue weighted by Crippen LogP contribution is -2.50. The standard InChI is InChI=1S/C5H9FO4/c6-3-4(8)2(7)1-10-5(3)9/h2-5,7-9H,1H2/t2-,3-,4+,5-/m1/s1. The molecule has 1 heterocycles. The molecular formula is C5H9FO4. The maximum Gasteiger partial charge on any atom is 0.189 e. The average molecular weight is 152 g/mol. The predicted molar refractivity (Wildman–Crippen MR) is 28.9 cm³/mol. The second kappa shape index (κ2) is 2.79. The molecule has 4 atom stereocenters. The molecule has 60 valence electrons. The molecule has 0 bridgehead atoms. The minimum absolute atomic E-state index is 0.233. The summed E-state index contributed by atoms with van der Waals surface area (Å²) in [5.74, 6) is 0. The Hall–Kier alpha value is -0.230. The second-order valence-electron chi connectivity index (χ2n) is 2.23. The summed E-state index contributed by atoms with van der Waals surface area (Å²) in [7, 11) is 0. The van der Waals surface area contributed by atoms with Gasteiger partial charge in [0.1, 0.15) is 12.2 Å². The molecule has 0 aromatic heterocycles. The Bertz CT molecular complexity index is 106. The average Bonchev–Trinajstić information content (AvgIpc) is 1.93. The van der Waals surface area contributed by atoms with Crippen molar-refractivity contribution in [1.29, 1.82) is 0 Å². The van der Waals surface area contributed by atoms with Crippen LogP contribution in [0.5, 0.6) is 0 Å². The molecular weight excluding hydrogens is 143 g/mol. The van der Waals surface area contributed by atoms with E-state index in [2.05, 4.69) is 4.74 Å². The molecule has 0 unspecified atom stereocenters. The van der Waals surface area contributed by atoms with E-state index < -0.39 is 24.7 Å². The topological polar surface area (TPSA) is 69.9 Å². The Morgan fingerprint density at radius 3 is 2.40 bits per heavy atom. The van der Waals surface area contributed by atoms with Gasteiger partial charge in [-0.2, -0.15) is 0 Å². The van der Waals surface area contributed by atoms with Gasteiger partial charge in [0, 0.05) is 0 Å². The minimum Gasteiger partial charge on any atom is -0.388 e. The quantitative estimate of drug-likeness (QED) is 0.391. The first-order chi connectivity index (χ1) is 4.63. The van der Waals surface area contributed by atoms with Crippen LogP contribution in [0.2, 0.25) is 0 Å². The van der Waals surface area contributed by atoms with E-state index in [0.29, 0.717) is 0 Å². The number of hydrogen-bond donors (Lipinski definition) is 3. The molecule has 1 aliphatic rings. The van der Waals surface area contributed by atoms with Gasteiger partial charge in [-0.3, -0.25) is 0 Å². The molecule has 0 saturated carbocycles. The van der Waals surface area contributed by atoms with Gasteiger partial charge in [-0.05, 0) is 0 Å². The second-order valence-corrected chi connectivity index (χ2v) is 2.23. The Kier molecular flexibility index (Phi) is 2.20. The summed E-state index contributed by atoms with van der Waals surface area (Å²) in [6.45, 7) is -0.233. The molecule has 10 heavy (non-hydrogen) atoms. The highest BCUT2D eigenvalue weighted by molar-refractivity contribution is 4.81. The first-order valence-corrected chi connectivity index (χ1v) is 2.93. The first kappa shape index (κ1) is 7.87. The fraction of sp³-hybridized carbons (Fsp3) is 1.00. The molecule has 0 aromatic carbocycles. The van der Waals surface area contributed by atoms with E-state index in [1.54, 1.807) is 0 Å². The molecule has 0 amide bonds. The molecule has 0 aliphatic carbocycles. The highest BCUT2D eigenvalue weighted by Gasteiger charge is 2.37. The van der Waals surface area contributed by atoms with Crippen LogP contribution < -0.4 is 0 Å². The zero-order chi connectivity index (χ0) is 7.72. The van der Waals surface area contributed by atoms with E-state index in [1.807, 2.05) is 0 Å². The lowest BCUT2D eigenvalue weighted by Gasteiger charge is -2.30. The van der Waals surface area contributed by atoms with Gasteiger partial charge in [0.15, 0.2) is 12.5 Å². The predicted octanol–water partition coefficient (Wildman–Crippen LogP) is -1.61. The maximum absolute atomic E-state index is 12.4. The largest absolute Gasteiger partial charge is 0.388 e. The summed E-state index contributed by atoms with van der Waals surface area (Å²) in [4.78, 5) is 0. The van der Waals surface area contributed by atoms with Crippen LogP contribution in [0.3, 0.4) is 0 Å². The Labute approximate surface area is 56.9 Å². The molecule has 0 radical (unpaired) electrons. The molecule has 1 aliphatic heterocycles. The third kappa shape index (κ3) is 1.27. The smallest absolute Gasteiger partial charge is 0.189 e. The van der Waals surface area contributed by atoms with Crippen LogP contribution in [0.15, 0.2) is 0 Å². The lowest BCUT2D eigenvalue weighted by molar-refractivity contribution is -0.233. The van der Waals surface area contributed by atoms with Gasteiger partial charge >= 0.3 is 0 Å². The van der Waals surface area contributed by atoms with E-state index in [0.717, 1.165) is 0 Å². The van der Waals surface area contributed by atoms with Crippen molar-refractivity contribution in [3.8, 4) is 0 Å². The monoisotopic (exact) mass is 152 g/mol. The van der Waals surface area contributed by atoms with Crippen LogP contribution in [0, 0.1) is 0 Å². The summed E-state index contributed by atoms with van der Waals surface area (Å²) < 4.78 is 16.8. The van der Waals surface area contributed by atoms with Crippen LogP contribution >= 0.6 is 0 Å².